The Morgan fingerprint density at radius 1 is 0.581 bits per heavy atom. The molecule has 1 aromatic heterocycles. The minimum atomic E-state index is -0.407. The number of hydrogen-bond acceptors (Lipinski definition) is 1. The number of hydrogen-bond donors (Lipinski definition) is 0. The number of furan rings is 1. The molecule has 144 valence electrons. The monoisotopic (exact) mass is 399 g/mol. The van der Waals surface area contributed by atoms with E-state index in [-0.39, 0.29) is 29.7 Å². The molecule has 0 atom stereocenters. The molecule has 0 fully saturated rings. The maximum Gasteiger partial charge on any atom is 0.134 e. The van der Waals surface area contributed by atoms with Crippen LogP contribution in [0.3, 0.4) is 0 Å². The first-order valence-corrected chi connectivity index (χ1v) is 10.2. The first kappa shape index (κ1) is 12.6. The molecule has 0 N–H and O–H groups in total. The Balaban J connectivity index is 1.51. The standard InChI is InChI=1S/C30H18O/c1-2-5-19(6-3-1)27-18-31-28-16-13-23(17-26(27)28)24-14-11-22-10-9-20-7-4-8-21-12-15-25(24)30(22)29(20)21/h1-18H/i1D,2D,3D,5D,6D. The highest BCUT2D eigenvalue weighted by Crippen LogP contribution is 2.40. The topological polar surface area (TPSA) is 13.1 Å². The normalized spacial score (nSPS) is 14.1. The molecule has 1 heteroatoms. The second-order valence-electron chi connectivity index (χ2n) is 7.83. The first-order valence-electron chi connectivity index (χ1n) is 12.7. The van der Waals surface area contributed by atoms with E-state index in [4.69, 9.17) is 11.3 Å². The summed E-state index contributed by atoms with van der Waals surface area (Å²) in [6.45, 7) is 0. The summed E-state index contributed by atoms with van der Waals surface area (Å²) in [4.78, 5) is 0. The molecule has 0 aliphatic rings. The van der Waals surface area contributed by atoms with E-state index in [1.54, 1.807) is 0 Å². The van der Waals surface area contributed by atoms with E-state index in [9.17, 15) is 0 Å². The van der Waals surface area contributed by atoms with E-state index in [1.807, 2.05) is 18.2 Å². The zero-order valence-electron chi connectivity index (χ0n) is 21.4. The Morgan fingerprint density at radius 2 is 1.32 bits per heavy atom. The van der Waals surface area contributed by atoms with Crippen LogP contribution < -0.4 is 0 Å². The highest BCUT2D eigenvalue weighted by Gasteiger charge is 2.14. The highest BCUT2D eigenvalue weighted by molar-refractivity contribution is 6.25. The largest absolute Gasteiger partial charge is 0.464 e. The molecule has 1 heterocycles. The fourth-order valence-electron chi connectivity index (χ4n) is 4.76. The Labute approximate surface area is 186 Å². The summed E-state index contributed by atoms with van der Waals surface area (Å²) >= 11 is 0. The third-order valence-corrected chi connectivity index (χ3v) is 6.18. The average molecular weight is 400 g/mol. The van der Waals surface area contributed by atoms with Gasteiger partial charge in [0, 0.05) is 10.9 Å². The summed E-state index contributed by atoms with van der Waals surface area (Å²) in [5.41, 5.74) is 3.26. The molecule has 0 bridgehead atoms. The van der Waals surface area contributed by atoms with Crippen LogP contribution in [-0.2, 0) is 0 Å². The van der Waals surface area contributed by atoms with Gasteiger partial charge < -0.3 is 4.42 Å². The van der Waals surface area contributed by atoms with Crippen LogP contribution in [0.15, 0.2) is 114 Å². The molecular formula is C30H18O. The van der Waals surface area contributed by atoms with Gasteiger partial charge in [-0.1, -0.05) is 90.9 Å². The van der Waals surface area contributed by atoms with Crippen LogP contribution in [0.1, 0.15) is 6.85 Å². The van der Waals surface area contributed by atoms with Gasteiger partial charge in [0.25, 0.3) is 0 Å². The quantitative estimate of drug-likeness (QED) is 0.265. The van der Waals surface area contributed by atoms with Crippen LogP contribution in [0.5, 0.6) is 0 Å². The predicted octanol–water partition coefficient (Wildman–Crippen LogP) is 8.66. The van der Waals surface area contributed by atoms with Crippen LogP contribution in [-0.4, -0.2) is 0 Å². The molecule has 0 spiro atoms. The first-order chi connectivity index (χ1) is 17.4. The van der Waals surface area contributed by atoms with Crippen molar-refractivity contribution in [3.63, 3.8) is 0 Å². The molecule has 6 aromatic carbocycles. The van der Waals surface area contributed by atoms with Crippen LogP contribution in [0, 0.1) is 0 Å². The van der Waals surface area contributed by atoms with Gasteiger partial charge in [-0.3, -0.25) is 0 Å². The van der Waals surface area contributed by atoms with Gasteiger partial charge in [-0.05, 0) is 61.1 Å². The van der Waals surface area contributed by atoms with Crippen molar-refractivity contribution in [2.24, 2.45) is 0 Å². The fourth-order valence-corrected chi connectivity index (χ4v) is 4.76. The number of fused-ring (bicyclic) bond motifs is 1. The van der Waals surface area contributed by atoms with Crippen molar-refractivity contribution in [1.82, 2.24) is 0 Å². The van der Waals surface area contributed by atoms with Gasteiger partial charge >= 0.3 is 0 Å². The molecule has 7 rings (SSSR count). The van der Waals surface area contributed by atoms with Gasteiger partial charge in [-0.25, -0.2) is 0 Å². The Morgan fingerprint density at radius 3 is 2.16 bits per heavy atom. The van der Waals surface area contributed by atoms with Crippen molar-refractivity contribution in [3.8, 4) is 22.3 Å². The van der Waals surface area contributed by atoms with Gasteiger partial charge in [-0.2, -0.15) is 0 Å². The molecule has 0 aliphatic carbocycles. The summed E-state index contributed by atoms with van der Waals surface area (Å²) in [5.74, 6) is 0. The van der Waals surface area contributed by atoms with E-state index in [0.717, 1.165) is 16.5 Å². The molecular weight excluding hydrogens is 376 g/mol. The Bertz CT molecular complexity index is 1960. The van der Waals surface area contributed by atoms with Crippen LogP contribution in [0.2, 0.25) is 0 Å². The number of rotatable bonds is 2. The maximum absolute atomic E-state index is 8.42. The lowest BCUT2D eigenvalue weighted by Crippen LogP contribution is -1.87. The van der Waals surface area contributed by atoms with Crippen LogP contribution in [0.25, 0.3) is 65.5 Å². The fraction of sp³-hybridized carbons (Fsp3) is 0. The van der Waals surface area contributed by atoms with Crippen molar-refractivity contribution < 1.29 is 11.3 Å². The molecule has 0 aliphatic heterocycles. The zero-order chi connectivity index (χ0) is 24.7. The van der Waals surface area contributed by atoms with E-state index >= 15 is 0 Å². The van der Waals surface area contributed by atoms with Crippen molar-refractivity contribution in [3.05, 3.63) is 109 Å². The molecule has 0 saturated carbocycles. The zero-order valence-corrected chi connectivity index (χ0v) is 16.4. The van der Waals surface area contributed by atoms with Crippen molar-refractivity contribution >= 4 is 43.3 Å². The van der Waals surface area contributed by atoms with Crippen LogP contribution in [0.4, 0.5) is 0 Å². The number of benzene rings is 6. The van der Waals surface area contributed by atoms with Gasteiger partial charge in [0.05, 0.1) is 13.1 Å². The average Bonchev–Trinajstić information content (AvgIpc) is 3.32. The van der Waals surface area contributed by atoms with Crippen LogP contribution >= 0.6 is 0 Å². The molecule has 7 aromatic rings. The summed E-state index contributed by atoms with van der Waals surface area (Å²) in [7, 11) is 0. The molecule has 0 radical (unpaired) electrons. The van der Waals surface area contributed by atoms with Crippen molar-refractivity contribution in [2.75, 3.05) is 0 Å². The highest BCUT2D eigenvalue weighted by atomic mass is 16.3. The third-order valence-electron chi connectivity index (χ3n) is 6.18. The van der Waals surface area contributed by atoms with E-state index in [0.29, 0.717) is 16.5 Å². The second kappa shape index (κ2) is 6.20. The maximum atomic E-state index is 8.42. The van der Waals surface area contributed by atoms with E-state index in [1.165, 1.54) is 33.2 Å². The van der Waals surface area contributed by atoms with Crippen molar-refractivity contribution in [2.45, 2.75) is 0 Å². The summed E-state index contributed by atoms with van der Waals surface area (Å²) in [6, 6.07) is 23.5. The molecule has 0 unspecified atom stereocenters. The third kappa shape index (κ3) is 2.38. The SMILES string of the molecule is [2H]c1c([2H])c([2H])c(-c2coc3ccc(-c4ccc5ccc6cccc7ccc4c5c67)cc23)c([2H])c1[2H]. The van der Waals surface area contributed by atoms with Gasteiger partial charge in [0.15, 0.2) is 0 Å². The summed E-state index contributed by atoms with van der Waals surface area (Å²) in [6.07, 6.45) is 1.48. The lowest BCUT2D eigenvalue weighted by Gasteiger charge is -2.14. The predicted molar refractivity (Wildman–Crippen MR) is 131 cm³/mol. The lowest BCUT2D eigenvalue weighted by molar-refractivity contribution is 0.617. The van der Waals surface area contributed by atoms with Crippen molar-refractivity contribution in [1.29, 1.82) is 0 Å². The summed E-state index contributed by atoms with van der Waals surface area (Å²) in [5, 5.41) is 7.91. The Kier molecular flexibility index (Phi) is 2.51. The smallest absolute Gasteiger partial charge is 0.134 e. The van der Waals surface area contributed by atoms with Gasteiger partial charge in [0.1, 0.15) is 5.58 Å². The molecule has 31 heavy (non-hydrogen) atoms. The van der Waals surface area contributed by atoms with Gasteiger partial charge in [0.2, 0.25) is 0 Å². The minimum Gasteiger partial charge on any atom is -0.464 e. The summed E-state index contributed by atoms with van der Waals surface area (Å²) < 4.78 is 46.7. The second-order valence-corrected chi connectivity index (χ2v) is 7.83. The molecule has 0 saturated heterocycles. The Hall–Kier alpha value is -4.10. The van der Waals surface area contributed by atoms with E-state index < -0.39 is 6.04 Å². The lowest BCUT2D eigenvalue weighted by atomic mass is 9.89. The van der Waals surface area contributed by atoms with Gasteiger partial charge in [-0.15, -0.1) is 0 Å². The van der Waals surface area contributed by atoms with E-state index in [2.05, 4.69) is 54.6 Å². The minimum absolute atomic E-state index is 0.146. The molecule has 1 nitrogen and oxygen atoms in total. The molecule has 0 amide bonds.